The fourth-order valence-corrected chi connectivity index (χ4v) is 2.18. The van der Waals surface area contributed by atoms with Crippen molar-refractivity contribution in [2.24, 2.45) is 0 Å². The molecule has 0 saturated heterocycles. The predicted molar refractivity (Wildman–Crippen MR) is 83.3 cm³/mol. The third-order valence-electron chi connectivity index (χ3n) is 2.83. The van der Waals surface area contributed by atoms with Crippen LogP contribution in [0.2, 0.25) is 10.0 Å². The zero-order valence-corrected chi connectivity index (χ0v) is 12.1. The lowest BCUT2D eigenvalue weighted by Crippen LogP contribution is -2.09. The maximum atomic E-state index is 12.0. The number of nitrogen functional groups attached to an aromatic ring is 1. The van der Waals surface area contributed by atoms with Crippen LogP contribution in [0.15, 0.2) is 41.2 Å². The Morgan fingerprint density at radius 3 is 2.81 bits per heavy atom. The number of benzene rings is 2. The third kappa shape index (κ3) is 2.66. The Kier molecular flexibility index (Phi) is 3.45. The van der Waals surface area contributed by atoms with Gasteiger partial charge in [-0.15, -0.1) is 0 Å². The molecular weight excluding hydrogens is 313 g/mol. The molecule has 3 aromatic rings. The highest BCUT2D eigenvalue weighted by atomic mass is 35.5. The number of aromatic nitrogens is 2. The van der Waals surface area contributed by atoms with Crippen molar-refractivity contribution >= 4 is 39.8 Å². The van der Waals surface area contributed by atoms with Crippen LogP contribution in [0.1, 0.15) is 0 Å². The Morgan fingerprint density at radius 2 is 2.00 bits per heavy atom. The lowest BCUT2D eigenvalue weighted by atomic mass is 10.2. The van der Waals surface area contributed by atoms with Crippen molar-refractivity contribution in [2.75, 3.05) is 5.73 Å². The Bertz CT molecular complexity index is 893. The lowest BCUT2D eigenvalue weighted by Gasteiger charge is -2.08. The Morgan fingerprint density at radius 1 is 1.19 bits per heavy atom. The first-order valence-corrected chi connectivity index (χ1v) is 6.71. The van der Waals surface area contributed by atoms with Crippen LogP contribution in [0, 0.1) is 0 Å². The van der Waals surface area contributed by atoms with E-state index in [1.54, 1.807) is 36.4 Å². The van der Waals surface area contributed by atoms with Gasteiger partial charge in [-0.2, -0.15) is 4.98 Å². The molecule has 7 heteroatoms. The molecule has 0 aliphatic rings. The first-order valence-electron chi connectivity index (χ1n) is 5.96. The quantitative estimate of drug-likeness (QED) is 0.706. The molecule has 2 aromatic carbocycles. The maximum absolute atomic E-state index is 12.0. The van der Waals surface area contributed by atoms with E-state index in [9.17, 15) is 4.79 Å². The standard InChI is InChI=1S/C14H9Cl2N3O2/c15-9-2-1-3-11(12(9)16)21-14-18-10-5-4-7(17)6-8(10)13(20)19-14/h1-6H,17H2,(H,18,19,20). The molecule has 106 valence electrons. The van der Waals surface area contributed by atoms with Gasteiger partial charge in [0.1, 0.15) is 5.02 Å². The number of halogens is 2. The summed E-state index contributed by atoms with van der Waals surface area (Å²) in [7, 11) is 0. The molecule has 0 aliphatic carbocycles. The second-order valence-corrected chi connectivity index (χ2v) is 5.09. The second kappa shape index (κ2) is 5.27. The van der Waals surface area contributed by atoms with E-state index in [0.717, 1.165) is 0 Å². The van der Waals surface area contributed by atoms with E-state index in [-0.39, 0.29) is 16.6 Å². The number of anilines is 1. The van der Waals surface area contributed by atoms with Crippen LogP contribution in [0.5, 0.6) is 11.8 Å². The van der Waals surface area contributed by atoms with Crippen molar-refractivity contribution in [3.05, 3.63) is 56.8 Å². The number of nitrogens with one attached hydrogen (secondary N) is 1. The van der Waals surface area contributed by atoms with Crippen molar-refractivity contribution in [3.8, 4) is 11.8 Å². The van der Waals surface area contributed by atoms with Gasteiger partial charge in [0.2, 0.25) is 0 Å². The maximum Gasteiger partial charge on any atom is 0.302 e. The summed E-state index contributed by atoms with van der Waals surface area (Å²) in [5, 5.41) is 0.990. The molecule has 5 nitrogen and oxygen atoms in total. The Balaban J connectivity index is 2.08. The SMILES string of the molecule is Nc1ccc2nc(Oc3cccc(Cl)c3Cl)[nH]c(=O)c2c1. The molecule has 0 unspecified atom stereocenters. The van der Waals surface area contributed by atoms with Crippen molar-refractivity contribution in [3.63, 3.8) is 0 Å². The van der Waals surface area contributed by atoms with Crippen LogP contribution in [-0.4, -0.2) is 9.97 Å². The number of hydrogen-bond donors (Lipinski definition) is 2. The molecule has 0 atom stereocenters. The fraction of sp³-hybridized carbons (Fsp3) is 0. The van der Waals surface area contributed by atoms with E-state index in [4.69, 9.17) is 33.7 Å². The highest BCUT2D eigenvalue weighted by molar-refractivity contribution is 6.42. The molecule has 0 spiro atoms. The summed E-state index contributed by atoms with van der Waals surface area (Å²) < 4.78 is 5.49. The molecule has 3 N–H and O–H groups in total. The van der Waals surface area contributed by atoms with Gasteiger partial charge in [-0.3, -0.25) is 9.78 Å². The molecule has 0 aliphatic heterocycles. The molecule has 0 saturated carbocycles. The summed E-state index contributed by atoms with van der Waals surface area (Å²) in [5.41, 5.74) is 6.26. The number of rotatable bonds is 2. The van der Waals surface area contributed by atoms with Crippen LogP contribution < -0.4 is 16.0 Å². The summed E-state index contributed by atoms with van der Waals surface area (Å²) in [4.78, 5) is 18.7. The van der Waals surface area contributed by atoms with E-state index in [0.29, 0.717) is 27.4 Å². The van der Waals surface area contributed by atoms with Crippen LogP contribution in [-0.2, 0) is 0 Å². The smallest absolute Gasteiger partial charge is 0.302 e. The minimum absolute atomic E-state index is 0.0291. The molecule has 21 heavy (non-hydrogen) atoms. The summed E-state index contributed by atoms with van der Waals surface area (Å²) in [5.74, 6) is 0.308. The topological polar surface area (TPSA) is 81.0 Å². The summed E-state index contributed by atoms with van der Waals surface area (Å²) >= 11 is 11.9. The van der Waals surface area contributed by atoms with E-state index >= 15 is 0 Å². The number of hydrogen-bond acceptors (Lipinski definition) is 4. The number of ether oxygens (including phenoxy) is 1. The zero-order valence-electron chi connectivity index (χ0n) is 10.6. The molecule has 0 amide bonds. The Hall–Kier alpha value is -2.24. The van der Waals surface area contributed by atoms with Gasteiger partial charge >= 0.3 is 6.01 Å². The van der Waals surface area contributed by atoms with Gasteiger partial charge in [-0.25, -0.2) is 0 Å². The largest absolute Gasteiger partial charge is 0.424 e. The van der Waals surface area contributed by atoms with Gasteiger partial charge in [-0.05, 0) is 30.3 Å². The van der Waals surface area contributed by atoms with E-state index < -0.39 is 0 Å². The number of fused-ring (bicyclic) bond motifs is 1. The monoisotopic (exact) mass is 321 g/mol. The summed E-state index contributed by atoms with van der Waals surface area (Å²) in [6.45, 7) is 0. The summed E-state index contributed by atoms with van der Waals surface area (Å²) in [6, 6.07) is 9.83. The first kappa shape index (κ1) is 13.7. The van der Waals surface area contributed by atoms with Crippen LogP contribution in [0.4, 0.5) is 5.69 Å². The lowest BCUT2D eigenvalue weighted by molar-refractivity contribution is 0.443. The minimum atomic E-state index is -0.347. The highest BCUT2D eigenvalue weighted by Crippen LogP contribution is 2.33. The summed E-state index contributed by atoms with van der Waals surface area (Å²) in [6.07, 6.45) is 0. The molecule has 1 heterocycles. The number of H-pyrrole nitrogens is 1. The van der Waals surface area contributed by atoms with Gasteiger partial charge in [0, 0.05) is 5.69 Å². The normalized spacial score (nSPS) is 10.8. The van der Waals surface area contributed by atoms with Gasteiger partial charge in [-0.1, -0.05) is 29.3 Å². The van der Waals surface area contributed by atoms with Gasteiger partial charge < -0.3 is 10.5 Å². The minimum Gasteiger partial charge on any atom is -0.424 e. The van der Waals surface area contributed by atoms with E-state index in [2.05, 4.69) is 9.97 Å². The second-order valence-electron chi connectivity index (χ2n) is 4.30. The van der Waals surface area contributed by atoms with Crippen molar-refractivity contribution in [1.82, 2.24) is 9.97 Å². The fourth-order valence-electron chi connectivity index (χ4n) is 1.85. The average Bonchev–Trinajstić information content (AvgIpc) is 2.45. The van der Waals surface area contributed by atoms with E-state index in [1.807, 2.05) is 0 Å². The van der Waals surface area contributed by atoms with Crippen LogP contribution in [0.25, 0.3) is 10.9 Å². The molecule has 3 rings (SSSR count). The molecular formula is C14H9Cl2N3O2. The molecule has 1 aromatic heterocycles. The van der Waals surface area contributed by atoms with Crippen molar-refractivity contribution in [1.29, 1.82) is 0 Å². The van der Waals surface area contributed by atoms with Gasteiger partial charge in [0.25, 0.3) is 5.56 Å². The molecule has 0 bridgehead atoms. The van der Waals surface area contributed by atoms with E-state index in [1.165, 1.54) is 0 Å². The van der Waals surface area contributed by atoms with Crippen LogP contribution >= 0.6 is 23.2 Å². The average molecular weight is 322 g/mol. The molecule has 0 fully saturated rings. The third-order valence-corrected chi connectivity index (χ3v) is 3.63. The van der Waals surface area contributed by atoms with Crippen LogP contribution in [0.3, 0.4) is 0 Å². The Labute approximate surface area is 129 Å². The number of nitrogens with two attached hydrogens (primary N) is 1. The number of nitrogens with zero attached hydrogens (tertiary/aromatic N) is 1. The molecule has 0 radical (unpaired) electrons. The number of aromatic amines is 1. The predicted octanol–water partition coefficient (Wildman–Crippen LogP) is 3.60. The van der Waals surface area contributed by atoms with Gasteiger partial charge in [0.15, 0.2) is 5.75 Å². The van der Waals surface area contributed by atoms with Gasteiger partial charge in [0.05, 0.1) is 15.9 Å². The van der Waals surface area contributed by atoms with Crippen molar-refractivity contribution < 1.29 is 4.74 Å². The van der Waals surface area contributed by atoms with Crippen molar-refractivity contribution in [2.45, 2.75) is 0 Å². The highest BCUT2D eigenvalue weighted by Gasteiger charge is 2.10. The first-order chi connectivity index (χ1) is 10.0. The zero-order chi connectivity index (χ0) is 15.0.